The highest BCUT2D eigenvalue weighted by atomic mass is 32.3. The van der Waals surface area contributed by atoms with Crippen LogP contribution in [-0.4, -0.2) is 33.7 Å². The van der Waals surface area contributed by atoms with Crippen LogP contribution in [0.1, 0.15) is 68.7 Å². The number of nitrogens with zero attached hydrogens (tertiary/aromatic N) is 2. The van der Waals surface area contributed by atoms with Gasteiger partial charge in [0.05, 0.1) is 12.8 Å². The quantitative estimate of drug-likeness (QED) is 0.809. The van der Waals surface area contributed by atoms with Gasteiger partial charge in [0.2, 0.25) is 5.88 Å². The molecule has 0 spiro atoms. The lowest BCUT2D eigenvalue weighted by Gasteiger charge is -2.36. The molecular weight excluding hydrogens is 338 g/mol. The molecule has 140 valence electrons. The maximum absolute atomic E-state index is 12.6. The average molecular weight is 368 g/mol. The van der Waals surface area contributed by atoms with Gasteiger partial charge in [-0.1, -0.05) is 11.1 Å². The number of methoxy groups -OCH3 is 1. The molecule has 0 aromatic carbocycles. The lowest BCUT2D eigenvalue weighted by Crippen LogP contribution is -2.46. The Morgan fingerprint density at radius 3 is 2.64 bits per heavy atom. The van der Waals surface area contributed by atoms with Gasteiger partial charge in [-0.25, -0.2) is 0 Å². The lowest BCUT2D eigenvalue weighted by atomic mass is 9.78. The van der Waals surface area contributed by atoms with E-state index in [4.69, 9.17) is 4.74 Å². The topological polar surface area (TPSA) is 87.2 Å². The van der Waals surface area contributed by atoms with Gasteiger partial charge < -0.3 is 9.29 Å². The summed E-state index contributed by atoms with van der Waals surface area (Å²) in [6.45, 7) is 4.31. The standard InChI is InChI=1S/C18H29N3O3S/c1-4-19-25(22,23)16-11-13(10-9-12(16)2)17-14-7-5-6-8-15(14)18(24-3)21-20-17/h12-13,16H,4-11H2,1-3H3,(H-,19,22,23). The average Bonchev–Trinajstić information content (AvgIpc) is 2.61. The lowest BCUT2D eigenvalue weighted by molar-refractivity contribution is 0.318. The van der Waals surface area contributed by atoms with Crippen LogP contribution in [0.4, 0.5) is 0 Å². The highest BCUT2D eigenvalue weighted by molar-refractivity contribution is 7.96. The van der Waals surface area contributed by atoms with Crippen molar-refractivity contribution in [1.29, 1.82) is 0 Å². The fourth-order valence-corrected chi connectivity index (χ4v) is 6.26. The summed E-state index contributed by atoms with van der Waals surface area (Å²) in [7, 11) is -1.64. The number of fused-ring (bicyclic) bond motifs is 1. The molecule has 0 amide bonds. The van der Waals surface area contributed by atoms with E-state index in [2.05, 4.69) is 14.9 Å². The second-order valence-corrected chi connectivity index (χ2v) is 9.31. The Kier molecular flexibility index (Phi) is 5.75. The smallest absolute Gasteiger partial charge is 0.236 e. The van der Waals surface area contributed by atoms with E-state index in [0.29, 0.717) is 18.8 Å². The highest BCUT2D eigenvalue weighted by Gasteiger charge is 2.42. The van der Waals surface area contributed by atoms with Crippen molar-refractivity contribution in [2.75, 3.05) is 13.7 Å². The first-order valence-electron chi connectivity index (χ1n) is 9.38. The van der Waals surface area contributed by atoms with E-state index in [-0.39, 0.29) is 17.1 Å². The summed E-state index contributed by atoms with van der Waals surface area (Å²) >= 11 is 0. The molecule has 0 saturated heterocycles. The maximum Gasteiger partial charge on any atom is 0.236 e. The fourth-order valence-electron chi connectivity index (χ4n) is 4.41. The molecule has 1 aromatic rings. The van der Waals surface area contributed by atoms with Crippen molar-refractivity contribution in [3.63, 3.8) is 0 Å². The third-order valence-corrected chi connectivity index (χ3v) is 7.88. The molecule has 1 heterocycles. The molecule has 0 radical (unpaired) electrons. The van der Waals surface area contributed by atoms with Crippen molar-refractivity contribution in [1.82, 2.24) is 14.9 Å². The predicted molar refractivity (Wildman–Crippen MR) is 97.3 cm³/mol. The molecule has 4 atom stereocenters. The van der Waals surface area contributed by atoms with E-state index in [1.807, 2.05) is 13.8 Å². The minimum Gasteiger partial charge on any atom is -0.598 e. The molecule has 4 unspecified atom stereocenters. The predicted octanol–water partition coefficient (Wildman–Crippen LogP) is 2.79. The van der Waals surface area contributed by atoms with Crippen LogP contribution < -0.4 is 9.46 Å². The molecule has 1 N–H and O–H groups in total. The first-order valence-corrected chi connectivity index (χ1v) is 10.9. The zero-order valence-electron chi connectivity index (χ0n) is 15.4. The van der Waals surface area contributed by atoms with Gasteiger partial charge in [-0.3, -0.25) is 0 Å². The zero-order valence-corrected chi connectivity index (χ0v) is 16.2. The molecule has 1 fully saturated rings. The number of hydrogen-bond donors (Lipinski definition) is 1. The molecule has 1 saturated carbocycles. The third-order valence-electron chi connectivity index (χ3n) is 5.73. The van der Waals surface area contributed by atoms with Crippen molar-refractivity contribution in [3.05, 3.63) is 16.8 Å². The van der Waals surface area contributed by atoms with E-state index in [1.54, 1.807) is 7.11 Å². The van der Waals surface area contributed by atoms with Gasteiger partial charge in [-0.05, 0) is 51.0 Å². The fraction of sp³-hybridized carbons (Fsp3) is 0.778. The first-order chi connectivity index (χ1) is 12.0. The normalized spacial score (nSPS) is 28.9. The Balaban J connectivity index is 1.91. The summed E-state index contributed by atoms with van der Waals surface area (Å²) < 4.78 is 33.3. The molecule has 25 heavy (non-hydrogen) atoms. The van der Waals surface area contributed by atoms with Gasteiger partial charge in [0, 0.05) is 30.4 Å². The second kappa shape index (κ2) is 7.68. The minimum absolute atomic E-state index is 0.167. The van der Waals surface area contributed by atoms with Crippen molar-refractivity contribution in [2.24, 2.45) is 5.92 Å². The summed E-state index contributed by atoms with van der Waals surface area (Å²) in [4.78, 5) is 0. The van der Waals surface area contributed by atoms with Crippen LogP contribution in [0.5, 0.6) is 5.88 Å². The molecule has 2 aliphatic rings. The van der Waals surface area contributed by atoms with Crippen molar-refractivity contribution in [2.45, 2.75) is 70.0 Å². The van der Waals surface area contributed by atoms with Gasteiger partial charge in [0.25, 0.3) is 0 Å². The molecule has 6 nitrogen and oxygen atoms in total. The van der Waals surface area contributed by atoms with Gasteiger partial charge in [-0.2, -0.15) is 5.10 Å². The molecule has 2 aliphatic carbocycles. The van der Waals surface area contributed by atoms with Gasteiger partial charge in [0.15, 0.2) is 0 Å². The number of aromatic nitrogens is 2. The Morgan fingerprint density at radius 1 is 1.24 bits per heavy atom. The van der Waals surface area contributed by atoms with Crippen LogP contribution in [0, 0.1) is 5.92 Å². The van der Waals surface area contributed by atoms with Crippen LogP contribution in [-0.2, 0) is 27.5 Å². The summed E-state index contributed by atoms with van der Waals surface area (Å²) in [5.74, 6) is 0.974. The van der Waals surface area contributed by atoms with Crippen molar-refractivity contribution < 1.29 is 13.5 Å². The SMILES string of the molecule is CCN[S+](=O)([O-])C1CC(c2nnc(OC)c3c2CCCC3)CCC1C. The van der Waals surface area contributed by atoms with Crippen LogP contribution in [0.15, 0.2) is 0 Å². The van der Waals surface area contributed by atoms with E-state index in [9.17, 15) is 8.76 Å². The first kappa shape index (κ1) is 18.7. The maximum atomic E-state index is 12.6. The van der Waals surface area contributed by atoms with Gasteiger partial charge in [0.1, 0.15) is 15.6 Å². The summed E-state index contributed by atoms with van der Waals surface area (Å²) in [6.07, 6.45) is 6.78. The van der Waals surface area contributed by atoms with Gasteiger partial charge >= 0.3 is 0 Å². The summed E-state index contributed by atoms with van der Waals surface area (Å²) in [6, 6.07) is 0. The van der Waals surface area contributed by atoms with Crippen molar-refractivity contribution >= 4 is 10.4 Å². The van der Waals surface area contributed by atoms with E-state index in [0.717, 1.165) is 44.2 Å². The van der Waals surface area contributed by atoms with Gasteiger partial charge in [-0.15, -0.1) is 9.82 Å². The van der Waals surface area contributed by atoms with Crippen molar-refractivity contribution in [3.8, 4) is 5.88 Å². The Morgan fingerprint density at radius 2 is 1.96 bits per heavy atom. The summed E-state index contributed by atoms with van der Waals surface area (Å²) in [5.41, 5.74) is 3.46. The largest absolute Gasteiger partial charge is 0.598 e. The molecule has 0 bridgehead atoms. The minimum atomic E-state index is -3.28. The van der Waals surface area contributed by atoms with E-state index < -0.39 is 10.4 Å². The summed E-state index contributed by atoms with van der Waals surface area (Å²) in [5, 5.41) is 8.42. The highest BCUT2D eigenvalue weighted by Crippen LogP contribution is 2.42. The van der Waals surface area contributed by atoms with Crippen LogP contribution >= 0.6 is 0 Å². The molecular formula is C18H29N3O3S. The second-order valence-electron chi connectivity index (χ2n) is 7.33. The Hall–Kier alpha value is -1.05. The number of hydrogen-bond acceptors (Lipinski definition) is 5. The van der Waals surface area contributed by atoms with Crippen LogP contribution in [0.2, 0.25) is 0 Å². The van der Waals surface area contributed by atoms with E-state index in [1.165, 1.54) is 11.1 Å². The third kappa shape index (κ3) is 3.73. The molecule has 1 aromatic heterocycles. The monoisotopic (exact) mass is 367 g/mol. The Labute approximate surface area is 151 Å². The Bertz CT molecular complexity index is 667. The van der Waals surface area contributed by atoms with Crippen LogP contribution in [0.25, 0.3) is 0 Å². The zero-order chi connectivity index (χ0) is 18.0. The number of nitrogens with one attached hydrogen (secondary N) is 1. The molecule has 7 heteroatoms. The number of sulfonamides is 1. The number of ether oxygens (including phenoxy) is 1. The van der Waals surface area contributed by atoms with Crippen LogP contribution in [0.3, 0.4) is 0 Å². The molecule has 0 aliphatic heterocycles. The van der Waals surface area contributed by atoms with E-state index >= 15 is 0 Å². The molecule has 3 rings (SSSR count). The number of rotatable bonds is 5.